The third-order valence-electron chi connectivity index (χ3n) is 3.63. The minimum absolute atomic E-state index is 0.0456. The minimum Gasteiger partial charge on any atom is -0.469 e. The second kappa shape index (κ2) is 6.67. The van der Waals surface area contributed by atoms with Gasteiger partial charge in [-0.1, -0.05) is 19.1 Å². The number of benzene rings is 1. The van der Waals surface area contributed by atoms with Gasteiger partial charge in [0.05, 0.1) is 19.6 Å². The average molecular weight is 294 g/mol. The van der Waals surface area contributed by atoms with Crippen molar-refractivity contribution in [1.82, 2.24) is 10.2 Å². The molecule has 1 aromatic rings. The highest BCUT2D eigenvalue weighted by Crippen LogP contribution is 2.26. The third kappa shape index (κ3) is 3.39. The summed E-state index contributed by atoms with van der Waals surface area (Å²) in [6.07, 6.45) is 0.455. The van der Waals surface area contributed by atoms with E-state index in [4.69, 9.17) is 0 Å². The molecule has 0 aromatic heterocycles. The molecule has 2 unspecified atom stereocenters. The van der Waals surface area contributed by atoms with Crippen molar-refractivity contribution in [3.8, 4) is 0 Å². The third-order valence-corrected chi connectivity index (χ3v) is 3.63. The molecule has 6 heteroatoms. The van der Waals surface area contributed by atoms with Crippen LogP contribution in [0.2, 0.25) is 0 Å². The van der Waals surface area contributed by atoms with Crippen molar-refractivity contribution < 1.29 is 18.7 Å². The second-order valence-electron chi connectivity index (χ2n) is 4.94. The molecule has 1 aliphatic rings. The molecule has 1 amide bonds. The predicted molar refractivity (Wildman–Crippen MR) is 74.7 cm³/mol. The smallest absolute Gasteiger partial charge is 0.307 e. The topological polar surface area (TPSA) is 58.6 Å². The summed E-state index contributed by atoms with van der Waals surface area (Å²) in [4.78, 5) is 25.2. The van der Waals surface area contributed by atoms with Gasteiger partial charge in [0.2, 0.25) is 5.91 Å². The second-order valence-corrected chi connectivity index (χ2v) is 4.94. The number of hydrogen-bond donors (Lipinski definition) is 1. The Labute approximate surface area is 123 Å². The van der Waals surface area contributed by atoms with Crippen LogP contribution >= 0.6 is 0 Å². The summed E-state index contributed by atoms with van der Waals surface area (Å²) in [5.41, 5.74) is 0.797. The van der Waals surface area contributed by atoms with Crippen molar-refractivity contribution in [2.24, 2.45) is 0 Å². The molecule has 0 aliphatic carbocycles. The van der Waals surface area contributed by atoms with E-state index in [9.17, 15) is 14.0 Å². The lowest BCUT2D eigenvalue weighted by molar-refractivity contribution is -0.141. The van der Waals surface area contributed by atoms with Crippen LogP contribution in [0.3, 0.4) is 0 Å². The van der Waals surface area contributed by atoms with Crippen molar-refractivity contribution in [2.75, 3.05) is 13.7 Å². The summed E-state index contributed by atoms with van der Waals surface area (Å²) < 4.78 is 17.6. The molecule has 0 bridgehead atoms. The fourth-order valence-corrected chi connectivity index (χ4v) is 2.45. The molecule has 1 heterocycles. The number of carbonyl (C=O) groups is 2. The molecule has 1 saturated heterocycles. The number of ether oxygens (including phenoxy) is 1. The zero-order valence-electron chi connectivity index (χ0n) is 12.1. The Balaban J connectivity index is 2.17. The van der Waals surface area contributed by atoms with Crippen LogP contribution in [0.1, 0.15) is 31.5 Å². The molecular formula is C15H19FN2O3. The van der Waals surface area contributed by atoms with Crippen LogP contribution in [-0.2, 0) is 14.3 Å². The SMILES string of the molecule is CCC1NC(c2ccc(F)cc2)N(CCC(=O)OC)C1=O. The van der Waals surface area contributed by atoms with Gasteiger partial charge in [0.15, 0.2) is 0 Å². The lowest BCUT2D eigenvalue weighted by Gasteiger charge is -2.24. The monoisotopic (exact) mass is 294 g/mol. The molecule has 5 nitrogen and oxygen atoms in total. The number of methoxy groups -OCH3 is 1. The van der Waals surface area contributed by atoms with Crippen LogP contribution in [0.5, 0.6) is 0 Å². The highest BCUT2D eigenvalue weighted by Gasteiger charge is 2.38. The Morgan fingerprint density at radius 1 is 1.38 bits per heavy atom. The Hall–Kier alpha value is -1.95. The molecule has 1 aromatic carbocycles. The summed E-state index contributed by atoms with van der Waals surface area (Å²) in [7, 11) is 1.32. The van der Waals surface area contributed by atoms with Gasteiger partial charge in [0.1, 0.15) is 12.0 Å². The normalized spacial score (nSPS) is 21.7. The fourth-order valence-electron chi connectivity index (χ4n) is 2.45. The summed E-state index contributed by atoms with van der Waals surface area (Å²) in [6.45, 7) is 2.19. The van der Waals surface area contributed by atoms with Crippen molar-refractivity contribution in [2.45, 2.75) is 32.0 Å². The maximum atomic E-state index is 13.0. The first-order valence-corrected chi connectivity index (χ1v) is 6.95. The Kier molecular flexibility index (Phi) is 4.90. The fraction of sp³-hybridized carbons (Fsp3) is 0.467. The van der Waals surface area contributed by atoms with Crippen LogP contribution in [0.15, 0.2) is 24.3 Å². The average Bonchev–Trinajstić information content (AvgIpc) is 2.81. The van der Waals surface area contributed by atoms with Crippen molar-refractivity contribution in [1.29, 1.82) is 0 Å². The molecule has 114 valence electrons. The number of nitrogens with one attached hydrogen (secondary N) is 1. The van der Waals surface area contributed by atoms with E-state index in [0.717, 1.165) is 5.56 Å². The Morgan fingerprint density at radius 2 is 2.05 bits per heavy atom. The van der Waals surface area contributed by atoms with E-state index in [1.54, 1.807) is 17.0 Å². The van der Waals surface area contributed by atoms with Gasteiger partial charge in [0, 0.05) is 6.54 Å². The lowest BCUT2D eigenvalue weighted by atomic mass is 10.1. The summed E-state index contributed by atoms with van der Waals surface area (Å²) >= 11 is 0. The maximum Gasteiger partial charge on any atom is 0.307 e. The Bertz CT molecular complexity index is 518. The molecule has 21 heavy (non-hydrogen) atoms. The molecule has 0 saturated carbocycles. The van der Waals surface area contributed by atoms with Gasteiger partial charge >= 0.3 is 5.97 Å². The van der Waals surface area contributed by atoms with E-state index < -0.39 is 0 Å². The lowest BCUT2D eigenvalue weighted by Crippen LogP contribution is -2.33. The number of halogens is 1. The summed E-state index contributed by atoms with van der Waals surface area (Å²) in [6, 6.07) is 5.73. The zero-order chi connectivity index (χ0) is 15.4. The van der Waals surface area contributed by atoms with Crippen molar-refractivity contribution >= 4 is 11.9 Å². The van der Waals surface area contributed by atoms with Gasteiger partial charge in [-0.15, -0.1) is 0 Å². The summed E-state index contributed by atoms with van der Waals surface area (Å²) in [5, 5.41) is 3.22. The van der Waals surface area contributed by atoms with Gasteiger partial charge < -0.3 is 9.64 Å². The highest BCUT2D eigenvalue weighted by molar-refractivity contribution is 5.85. The number of rotatable bonds is 5. The first-order chi connectivity index (χ1) is 10.1. The van der Waals surface area contributed by atoms with E-state index in [0.29, 0.717) is 6.42 Å². The number of nitrogens with zero attached hydrogens (tertiary/aromatic N) is 1. The first-order valence-electron chi connectivity index (χ1n) is 6.95. The van der Waals surface area contributed by atoms with Crippen LogP contribution < -0.4 is 5.32 Å². The predicted octanol–water partition coefficient (Wildman–Crippen LogP) is 1.60. The quantitative estimate of drug-likeness (QED) is 0.838. The van der Waals surface area contributed by atoms with Crippen LogP contribution in [0.4, 0.5) is 4.39 Å². The van der Waals surface area contributed by atoms with Gasteiger partial charge in [-0.2, -0.15) is 0 Å². The van der Waals surface area contributed by atoms with Crippen LogP contribution in [-0.4, -0.2) is 36.5 Å². The summed E-state index contributed by atoms with van der Waals surface area (Å²) in [5.74, 6) is -0.729. The van der Waals surface area contributed by atoms with Gasteiger partial charge in [0.25, 0.3) is 0 Å². The largest absolute Gasteiger partial charge is 0.469 e. The van der Waals surface area contributed by atoms with Crippen LogP contribution in [0, 0.1) is 5.82 Å². The van der Waals surface area contributed by atoms with E-state index >= 15 is 0 Å². The van der Waals surface area contributed by atoms with Gasteiger partial charge in [-0.05, 0) is 24.1 Å². The minimum atomic E-state index is -0.361. The molecular weight excluding hydrogens is 275 g/mol. The van der Waals surface area contributed by atoms with E-state index in [1.165, 1.54) is 19.2 Å². The zero-order valence-corrected chi connectivity index (χ0v) is 12.1. The first kappa shape index (κ1) is 15.4. The van der Waals surface area contributed by atoms with Crippen LogP contribution in [0.25, 0.3) is 0 Å². The van der Waals surface area contributed by atoms with Gasteiger partial charge in [-0.3, -0.25) is 14.9 Å². The van der Waals surface area contributed by atoms with E-state index in [1.807, 2.05) is 6.92 Å². The molecule has 0 radical (unpaired) electrons. The van der Waals surface area contributed by atoms with E-state index in [2.05, 4.69) is 10.1 Å². The standard InChI is InChI=1S/C15H19FN2O3/c1-3-12-15(20)18(9-8-13(19)21-2)14(17-12)10-4-6-11(16)7-5-10/h4-7,12,14,17H,3,8-9H2,1-2H3. The molecule has 2 atom stereocenters. The molecule has 0 spiro atoms. The molecule has 1 N–H and O–H groups in total. The molecule has 2 rings (SSSR count). The van der Waals surface area contributed by atoms with Crippen molar-refractivity contribution in [3.63, 3.8) is 0 Å². The Morgan fingerprint density at radius 3 is 2.62 bits per heavy atom. The highest BCUT2D eigenvalue weighted by atomic mass is 19.1. The number of amides is 1. The van der Waals surface area contributed by atoms with E-state index in [-0.39, 0.29) is 42.9 Å². The molecule has 1 fully saturated rings. The number of esters is 1. The van der Waals surface area contributed by atoms with Crippen molar-refractivity contribution in [3.05, 3.63) is 35.6 Å². The molecule has 1 aliphatic heterocycles. The van der Waals surface area contributed by atoms with Gasteiger partial charge in [-0.25, -0.2) is 4.39 Å². The maximum absolute atomic E-state index is 13.0. The number of carbonyl (C=O) groups excluding carboxylic acids is 2. The number of hydrogen-bond acceptors (Lipinski definition) is 4.